The fourth-order valence-electron chi connectivity index (χ4n) is 1.94. The molecule has 0 aromatic rings. The Kier molecular flexibility index (Phi) is 10.4. The summed E-state index contributed by atoms with van der Waals surface area (Å²) in [6.07, 6.45) is 9.71. The van der Waals surface area contributed by atoms with E-state index in [0.717, 1.165) is 6.54 Å². The maximum Gasteiger partial charge on any atom is 0.0191 e. The van der Waals surface area contributed by atoms with Gasteiger partial charge in [-0.2, -0.15) is 0 Å². The number of rotatable bonds is 10. The Hall–Kier alpha value is -0.0800. The Morgan fingerprint density at radius 1 is 1.00 bits per heavy atom. The fourth-order valence-corrected chi connectivity index (χ4v) is 1.94. The molecule has 1 N–H and O–H groups in total. The van der Waals surface area contributed by atoms with Gasteiger partial charge in [0.2, 0.25) is 0 Å². The lowest BCUT2D eigenvalue weighted by atomic mass is 10.1. The molecule has 1 unspecified atom stereocenters. The lowest BCUT2D eigenvalue weighted by molar-refractivity contribution is 0.331. The smallest absolute Gasteiger partial charge is 0.0191 e. The maximum absolute atomic E-state index is 3.39. The molecular weight excluding hydrogens is 184 g/mol. The highest BCUT2D eigenvalue weighted by molar-refractivity contribution is 4.67. The number of likely N-dealkylation sites (N-methyl/N-ethyl adjacent to an activating group) is 2. The van der Waals surface area contributed by atoms with Crippen LogP contribution in [0.25, 0.3) is 0 Å². The molecule has 0 rings (SSSR count). The molecule has 0 saturated carbocycles. The first-order chi connectivity index (χ1) is 7.20. The molecule has 0 amide bonds. The van der Waals surface area contributed by atoms with Gasteiger partial charge in [0.15, 0.2) is 0 Å². The molecule has 0 saturated heterocycles. The summed E-state index contributed by atoms with van der Waals surface area (Å²) in [5.41, 5.74) is 0. The van der Waals surface area contributed by atoms with Crippen LogP contribution in [0.2, 0.25) is 0 Å². The van der Waals surface area contributed by atoms with Crippen molar-refractivity contribution < 1.29 is 0 Å². The molecule has 0 fully saturated rings. The van der Waals surface area contributed by atoms with Crippen LogP contribution < -0.4 is 5.32 Å². The van der Waals surface area contributed by atoms with Crippen LogP contribution in [-0.2, 0) is 0 Å². The largest absolute Gasteiger partial charge is 0.316 e. The van der Waals surface area contributed by atoms with Gasteiger partial charge in [-0.15, -0.1) is 0 Å². The second kappa shape index (κ2) is 10.4. The zero-order chi connectivity index (χ0) is 11.5. The van der Waals surface area contributed by atoms with Crippen LogP contribution in [0.15, 0.2) is 0 Å². The third-order valence-corrected chi connectivity index (χ3v) is 2.90. The molecule has 0 bridgehead atoms. The summed E-state index contributed by atoms with van der Waals surface area (Å²) < 4.78 is 0. The van der Waals surface area contributed by atoms with E-state index >= 15 is 0 Å². The highest BCUT2D eigenvalue weighted by atomic mass is 15.1. The third-order valence-electron chi connectivity index (χ3n) is 2.90. The summed E-state index contributed by atoms with van der Waals surface area (Å²) in [5, 5.41) is 3.39. The number of nitrogens with one attached hydrogen (secondary N) is 1. The van der Waals surface area contributed by atoms with E-state index in [1.807, 2.05) is 0 Å². The molecule has 0 aromatic heterocycles. The first-order valence-electron chi connectivity index (χ1n) is 6.52. The first kappa shape index (κ1) is 14.9. The van der Waals surface area contributed by atoms with Crippen LogP contribution in [0.4, 0.5) is 0 Å². The highest BCUT2D eigenvalue weighted by Crippen LogP contribution is 2.08. The Morgan fingerprint density at radius 3 is 2.13 bits per heavy atom. The SMILES string of the molecule is CCCCCCCCC(CN(C)C)NC. The van der Waals surface area contributed by atoms with Crippen molar-refractivity contribution in [2.24, 2.45) is 0 Å². The van der Waals surface area contributed by atoms with Crippen molar-refractivity contribution in [2.75, 3.05) is 27.7 Å². The van der Waals surface area contributed by atoms with E-state index in [2.05, 4.69) is 38.3 Å². The summed E-state index contributed by atoms with van der Waals surface area (Å²) in [5.74, 6) is 0. The molecule has 0 heterocycles. The monoisotopic (exact) mass is 214 g/mol. The van der Waals surface area contributed by atoms with Gasteiger partial charge in [0.05, 0.1) is 0 Å². The van der Waals surface area contributed by atoms with Crippen molar-refractivity contribution >= 4 is 0 Å². The normalized spacial score (nSPS) is 13.4. The summed E-state index contributed by atoms with van der Waals surface area (Å²) in [6.45, 7) is 3.43. The molecule has 0 aliphatic heterocycles. The minimum atomic E-state index is 0.672. The number of unbranched alkanes of at least 4 members (excludes halogenated alkanes) is 5. The quantitative estimate of drug-likeness (QED) is 0.563. The molecule has 2 heteroatoms. The van der Waals surface area contributed by atoms with Gasteiger partial charge in [-0.3, -0.25) is 0 Å². The molecule has 0 radical (unpaired) electrons. The zero-order valence-corrected chi connectivity index (χ0v) is 11.2. The van der Waals surface area contributed by atoms with Crippen LogP contribution in [0.5, 0.6) is 0 Å². The molecule has 1 atom stereocenters. The predicted molar refractivity (Wildman–Crippen MR) is 69.4 cm³/mol. The molecule has 15 heavy (non-hydrogen) atoms. The molecular formula is C13H30N2. The van der Waals surface area contributed by atoms with Crippen molar-refractivity contribution in [1.29, 1.82) is 0 Å². The Balaban J connectivity index is 3.30. The van der Waals surface area contributed by atoms with E-state index in [1.54, 1.807) is 0 Å². The Labute approximate surface area is 96.4 Å². The van der Waals surface area contributed by atoms with Crippen molar-refractivity contribution in [1.82, 2.24) is 10.2 Å². The van der Waals surface area contributed by atoms with E-state index in [0.29, 0.717) is 6.04 Å². The molecule has 0 aliphatic rings. The highest BCUT2D eigenvalue weighted by Gasteiger charge is 2.06. The standard InChI is InChI=1S/C13H30N2/c1-5-6-7-8-9-10-11-13(14-2)12-15(3)4/h13-14H,5-12H2,1-4H3. The molecule has 92 valence electrons. The van der Waals surface area contributed by atoms with Crippen LogP contribution in [-0.4, -0.2) is 38.6 Å². The third kappa shape index (κ3) is 10.2. The zero-order valence-electron chi connectivity index (χ0n) is 11.2. The van der Waals surface area contributed by atoms with Crippen molar-refractivity contribution in [3.63, 3.8) is 0 Å². The van der Waals surface area contributed by atoms with Crippen LogP contribution in [0.3, 0.4) is 0 Å². The number of hydrogen-bond acceptors (Lipinski definition) is 2. The molecule has 0 aromatic carbocycles. The van der Waals surface area contributed by atoms with Gasteiger partial charge in [0, 0.05) is 12.6 Å². The lowest BCUT2D eigenvalue weighted by Gasteiger charge is -2.20. The average molecular weight is 214 g/mol. The second-order valence-corrected chi connectivity index (χ2v) is 4.80. The molecule has 0 aliphatic carbocycles. The number of nitrogens with zero attached hydrogens (tertiary/aromatic N) is 1. The lowest BCUT2D eigenvalue weighted by Crippen LogP contribution is -2.35. The van der Waals surface area contributed by atoms with E-state index in [1.165, 1.54) is 44.9 Å². The number of hydrogen-bond donors (Lipinski definition) is 1. The van der Waals surface area contributed by atoms with Gasteiger partial charge in [-0.05, 0) is 27.6 Å². The van der Waals surface area contributed by atoms with E-state index in [-0.39, 0.29) is 0 Å². The first-order valence-corrected chi connectivity index (χ1v) is 6.52. The van der Waals surface area contributed by atoms with Gasteiger partial charge >= 0.3 is 0 Å². The summed E-state index contributed by atoms with van der Waals surface area (Å²) in [6, 6.07) is 0.672. The minimum Gasteiger partial charge on any atom is -0.316 e. The Bertz CT molecular complexity index is 124. The van der Waals surface area contributed by atoms with Gasteiger partial charge < -0.3 is 10.2 Å². The van der Waals surface area contributed by atoms with Gasteiger partial charge in [0.1, 0.15) is 0 Å². The minimum absolute atomic E-state index is 0.672. The van der Waals surface area contributed by atoms with Crippen molar-refractivity contribution in [2.45, 2.75) is 57.9 Å². The van der Waals surface area contributed by atoms with Crippen LogP contribution in [0, 0.1) is 0 Å². The molecule has 0 spiro atoms. The van der Waals surface area contributed by atoms with Crippen molar-refractivity contribution in [3.8, 4) is 0 Å². The summed E-state index contributed by atoms with van der Waals surface area (Å²) in [4.78, 5) is 2.26. The van der Waals surface area contributed by atoms with Gasteiger partial charge in [-0.25, -0.2) is 0 Å². The average Bonchev–Trinajstić information content (AvgIpc) is 2.20. The van der Waals surface area contributed by atoms with Crippen molar-refractivity contribution in [3.05, 3.63) is 0 Å². The fraction of sp³-hybridized carbons (Fsp3) is 1.00. The van der Waals surface area contributed by atoms with Gasteiger partial charge in [-0.1, -0.05) is 45.4 Å². The van der Waals surface area contributed by atoms with E-state index in [9.17, 15) is 0 Å². The second-order valence-electron chi connectivity index (χ2n) is 4.80. The van der Waals surface area contributed by atoms with Crippen LogP contribution in [0.1, 0.15) is 51.9 Å². The van der Waals surface area contributed by atoms with Gasteiger partial charge in [0.25, 0.3) is 0 Å². The topological polar surface area (TPSA) is 15.3 Å². The molecule has 2 nitrogen and oxygen atoms in total. The predicted octanol–water partition coefficient (Wildman–Crippen LogP) is 2.89. The summed E-state index contributed by atoms with van der Waals surface area (Å²) in [7, 11) is 6.36. The maximum atomic E-state index is 3.39. The Morgan fingerprint density at radius 2 is 1.60 bits per heavy atom. The summed E-state index contributed by atoms with van der Waals surface area (Å²) >= 11 is 0. The van der Waals surface area contributed by atoms with Crippen LogP contribution >= 0.6 is 0 Å². The van der Waals surface area contributed by atoms with E-state index in [4.69, 9.17) is 0 Å². The van der Waals surface area contributed by atoms with E-state index < -0.39 is 0 Å².